The fourth-order valence-electron chi connectivity index (χ4n) is 1.42. The second kappa shape index (κ2) is 2.96. The van der Waals surface area contributed by atoms with Crippen molar-refractivity contribution in [1.82, 2.24) is 24.4 Å². The van der Waals surface area contributed by atoms with Gasteiger partial charge < -0.3 is 0 Å². The highest BCUT2D eigenvalue weighted by molar-refractivity contribution is 7.71. The first-order chi connectivity index (χ1) is 6.86. The van der Waals surface area contributed by atoms with Crippen LogP contribution in [0.25, 0.3) is 10.7 Å². The number of nitrogens with zero attached hydrogens (tertiary/aromatic N) is 4. The van der Waals surface area contributed by atoms with E-state index in [-0.39, 0.29) is 0 Å². The summed E-state index contributed by atoms with van der Waals surface area (Å²) in [6, 6.07) is 0.526. The van der Waals surface area contributed by atoms with Crippen molar-refractivity contribution < 1.29 is 0 Å². The van der Waals surface area contributed by atoms with E-state index in [9.17, 15) is 0 Å². The van der Waals surface area contributed by atoms with Crippen molar-refractivity contribution in [3.8, 4) is 10.7 Å². The summed E-state index contributed by atoms with van der Waals surface area (Å²) in [5, 5.41) is 10.8. The summed E-state index contributed by atoms with van der Waals surface area (Å²) in [5.74, 6) is 0.868. The molecular formula is C7H7N5S2. The molecule has 0 aromatic carbocycles. The van der Waals surface area contributed by atoms with Gasteiger partial charge in [0.1, 0.15) is 4.88 Å². The van der Waals surface area contributed by atoms with Gasteiger partial charge in [-0.2, -0.15) is 5.10 Å². The van der Waals surface area contributed by atoms with Crippen LogP contribution in [0.5, 0.6) is 0 Å². The molecule has 0 atom stereocenters. The second-order valence-corrected chi connectivity index (χ2v) is 4.41. The van der Waals surface area contributed by atoms with Crippen molar-refractivity contribution in [2.24, 2.45) is 0 Å². The van der Waals surface area contributed by atoms with Crippen LogP contribution in [-0.2, 0) is 0 Å². The van der Waals surface area contributed by atoms with Gasteiger partial charge in [-0.1, -0.05) is 4.49 Å². The van der Waals surface area contributed by atoms with Gasteiger partial charge in [0.05, 0.1) is 6.20 Å². The van der Waals surface area contributed by atoms with Crippen LogP contribution in [0.2, 0.25) is 0 Å². The van der Waals surface area contributed by atoms with Gasteiger partial charge in [-0.25, -0.2) is 0 Å². The minimum absolute atomic E-state index is 0.526. The van der Waals surface area contributed by atoms with Crippen molar-refractivity contribution in [3.63, 3.8) is 0 Å². The number of H-pyrrole nitrogens is 1. The summed E-state index contributed by atoms with van der Waals surface area (Å²) >= 11 is 6.51. The minimum Gasteiger partial charge on any atom is -0.296 e. The quantitative estimate of drug-likeness (QED) is 0.792. The first-order valence-electron chi connectivity index (χ1n) is 4.31. The third kappa shape index (κ3) is 1.20. The molecule has 3 rings (SSSR count). The predicted octanol–water partition coefficient (Wildman–Crippen LogP) is 1.79. The average molecular weight is 225 g/mol. The smallest absolute Gasteiger partial charge is 0.195 e. The van der Waals surface area contributed by atoms with Crippen LogP contribution < -0.4 is 0 Å². The summed E-state index contributed by atoms with van der Waals surface area (Å²) < 4.78 is 6.57. The number of nitrogens with one attached hydrogen (secondary N) is 1. The Morgan fingerprint density at radius 1 is 1.57 bits per heavy atom. The Bertz CT molecular complexity index is 492. The van der Waals surface area contributed by atoms with E-state index in [0.29, 0.717) is 10.8 Å². The molecular weight excluding hydrogens is 218 g/mol. The van der Waals surface area contributed by atoms with Gasteiger partial charge in [-0.3, -0.25) is 9.67 Å². The summed E-state index contributed by atoms with van der Waals surface area (Å²) in [6.07, 6.45) is 4.09. The van der Waals surface area contributed by atoms with Crippen LogP contribution >= 0.6 is 23.8 Å². The van der Waals surface area contributed by atoms with E-state index in [0.717, 1.165) is 10.7 Å². The number of rotatable bonds is 2. The maximum absolute atomic E-state index is 5.17. The van der Waals surface area contributed by atoms with Gasteiger partial charge in [0, 0.05) is 6.04 Å². The molecule has 1 N–H and O–H groups in total. The molecule has 0 radical (unpaired) electrons. The minimum atomic E-state index is 0.526. The van der Waals surface area contributed by atoms with Crippen molar-refractivity contribution in [2.75, 3.05) is 0 Å². The molecule has 2 heterocycles. The molecule has 1 aliphatic carbocycles. The van der Waals surface area contributed by atoms with Gasteiger partial charge in [0.25, 0.3) is 0 Å². The molecule has 14 heavy (non-hydrogen) atoms. The van der Waals surface area contributed by atoms with Crippen molar-refractivity contribution in [2.45, 2.75) is 18.9 Å². The van der Waals surface area contributed by atoms with Gasteiger partial charge in [0.15, 0.2) is 10.6 Å². The average Bonchev–Trinajstić information content (AvgIpc) is 2.75. The fraction of sp³-hybridized carbons (Fsp3) is 0.429. The molecule has 0 unspecified atom stereocenters. The maximum atomic E-state index is 5.17. The molecule has 2 aromatic heterocycles. The predicted molar refractivity (Wildman–Crippen MR) is 54.6 cm³/mol. The second-order valence-electron chi connectivity index (χ2n) is 3.24. The molecule has 1 fully saturated rings. The molecule has 1 saturated carbocycles. The van der Waals surface area contributed by atoms with E-state index < -0.39 is 0 Å². The molecule has 0 bridgehead atoms. The van der Waals surface area contributed by atoms with Crippen LogP contribution in [0.1, 0.15) is 18.9 Å². The van der Waals surface area contributed by atoms with Crippen LogP contribution in [0.3, 0.4) is 0 Å². The summed E-state index contributed by atoms with van der Waals surface area (Å²) in [6.45, 7) is 0. The van der Waals surface area contributed by atoms with Gasteiger partial charge >= 0.3 is 0 Å². The molecule has 0 spiro atoms. The Kier molecular flexibility index (Phi) is 1.74. The van der Waals surface area contributed by atoms with Crippen molar-refractivity contribution in [1.29, 1.82) is 0 Å². The Balaban J connectivity index is 2.18. The zero-order valence-corrected chi connectivity index (χ0v) is 8.81. The topological polar surface area (TPSA) is 59.4 Å². The highest BCUT2D eigenvalue weighted by atomic mass is 32.1. The number of aromatic nitrogens is 5. The summed E-state index contributed by atoms with van der Waals surface area (Å²) in [4.78, 5) is 0.962. The summed E-state index contributed by atoms with van der Waals surface area (Å²) in [7, 11) is 0. The van der Waals surface area contributed by atoms with E-state index in [2.05, 4.69) is 24.4 Å². The van der Waals surface area contributed by atoms with Crippen LogP contribution in [0, 0.1) is 4.77 Å². The maximum Gasteiger partial charge on any atom is 0.195 e. The molecule has 2 aromatic rings. The fourth-order valence-corrected chi connectivity index (χ4v) is 2.20. The first kappa shape index (κ1) is 8.25. The van der Waals surface area contributed by atoms with E-state index in [1.54, 1.807) is 6.20 Å². The lowest BCUT2D eigenvalue weighted by molar-refractivity contribution is 0.736. The van der Waals surface area contributed by atoms with Gasteiger partial charge in [0.2, 0.25) is 0 Å². The van der Waals surface area contributed by atoms with Crippen LogP contribution in [0.15, 0.2) is 6.20 Å². The van der Waals surface area contributed by atoms with E-state index in [4.69, 9.17) is 12.2 Å². The molecule has 0 aliphatic heterocycles. The Morgan fingerprint density at radius 2 is 2.43 bits per heavy atom. The third-order valence-corrected chi connectivity index (χ3v) is 3.15. The van der Waals surface area contributed by atoms with Crippen molar-refractivity contribution >= 4 is 23.8 Å². The molecule has 72 valence electrons. The monoisotopic (exact) mass is 225 g/mol. The first-order valence-corrected chi connectivity index (χ1v) is 5.49. The molecule has 1 aliphatic rings. The Hall–Kier alpha value is -1.08. The standard InChI is InChI=1S/C7H7N5S2/c13-7-10-9-6(5-3-8-11-14-5)12(7)4-1-2-4/h3-4H,1-2H2,(H,10,13). The number of hydrogen-bond acceptors (Lipinski definition) is 5. The Morgan fingerprint density at radius 3 is 3.07 bits per heavy atom. The lowest BCUT2D eigenvalue weighted by atomic mass is 10.5. The van der Waals surface area contributed by atoms with E-state index in [1.807, 2.05) is 0 Å². The molecule has 0 saturated heterocycles. The number of aromatic amines is 1. The van der Waals surface area contributed by atoms with E-state index >= 15 is 0 Å². The molecule has 0 amide bonds. The highest BCUT2D eigenvalue weighted by Gasteiger charge is 2.28. The SMILES string of the molecule is S=c1[nH]nc(-c2cnns2)n1C1CC1. The lowest BCUT2D eigenvalue weighted by Gasteiger charge is -2.00. The normalized spacial score (nSPS) is 16.0. The molecule has 5 nitrogen and oxygen atoms in total. The van der Waals surface area contributed by atoms with Crippen LogP contribution in [0.4, 0.5) is 0 Å². The Labute approximate surface area is 89.0 Å². The zero-order chi connectivity index (χ0) is 9.54. The molecule has 7 heteroatoms. The number of hydrogen-bond donors (Lipinski definition) is 1. The summed E-state index contributed by atoms with van der Waals surface area (Å²) in [5.41, 5.74) is 0. The van der Waals surface area contributed by atoms with Gasteiger partial charge in [-0.15, -0.1) is 5.10 Å². The third-order valence-electron chi connectivity index (χ3n) is 2.20. The van der Waals surface area contributed by atoms with Crippen molar-refractivity contribution in [3.05, 3.63) is 11.0 Å². The van der Waals surface area contributed by atoms with Gasteiger partial charge in [-0.05, 0) is 36.6 Å². The largest absolute Gasteiger partial charge is 0.296 e. The van der Waals surface area contributed by atoms with Crippen LogP contribution in [-0.4, -0.2) is 24.4 Å². The van der Waals surface area contributed by atoms with E-state index in [1.165, 1.54) is 24.4 Å². The lowest BCUT2D eigenvalue weighted by Crippen LogP contribution is -1.96. The highest BCUT2D eigenvalue weighted by Crippen LogP contribution is 2.38. The zero-order valence-electron chi connectivity index (χ0n) is 7.17.